The number of likely N-dealkylation sites (tertiary alicyclic amines) is 1. The smallest absolute Gasteiger partial charge is 0.256 e. The molecule has 3 rings (SSSR count). The van der Waals surface area contributed by atoms with Gasteiger partial charge in [0.05, 0.1) is 11.6 Å². The van der Waals surface area contributed by atoms with Crippen molar-refractivity contribution in [2.45, 2.75) is 25.8 Å². The first-order chi connectivity index (χ1) is 10.2. The SMILES string of the molecule is Cc1cccc(N)c1C(=O)N1CCCC1c1ccncc1. The normalized spacial score (nSPS) is 18.0. The zero-order chi connectivity index (χ0) is 14.8. The Balaban J connectivity index is 1.94. The van der Waals surface area contributed by atoms with Crippen molar-refractivity contribution in [3.63, 3.8) is 0 Å². The molecule has 0 aliphatic carbocycles. The van der Waals surface area contributed by atoms with Gasteiger partial charge in [-0.25, -0.2) is 0 Å². The fraction of sp³-hybridized carbons (Fsp3) is 0.294. The van der Waals surface area contributed by atoms with Gasteiger partial charge in [0, 0.05) is 24.6 Å². The van der Waals surface area contributed by atoms with Crippen molar-refractivity contribution >= 4 is 11.6 Å². The second-order valence-corrected chi connectivity index (χ2v) is 5.48. The van der Waals surface area contributed by atoms with Gasteiger partial charge in [-0.15, -0.1) is 0 Å². The van der Waals surface area contributed by atoms with E-state index in [1.165, 1.54) is 0 Å². The first-order valence-corrected chi connectivity index (χ1v) is 7.24. The maximum Gasteiger partial charge on any atom is 0.256 e. The number of hydrogen-bond acceptors (Lipinski definition) is 3. The van der Waals surface area contributed by atoms with Gasteiger partial charge >= 0.3 is 0 Å². The maximum absolute atomic E-state index is 12.9. The molecule has 21 heavy (non-hydrogen) atoms. The topological polar surface area (TPSA) is 59.2 Å². The predicted octanol–water partition coefficient (Wildman–Crippen LogP) is 2.95. The number of pyridine rings is 1. The molecule has 4 heteroatoms. The Bertz CT molecular complexity index is 634. The van der Waals surface area contributed by atoms with E-state index in [0.29, 0.717) is 11.3 Å². The lowest BCUT2D eigenvalue weighted by atomic mass is 10.0. The minimum Gasteiger partial charge on any atom is -0.398 e. The van der Waals surface area contributed by atoms with Gasteiger partial charge in [0.15, 0.2) is 0 Å². The summed E-state index contributed by atoms with van der Waals surface area (Å²) in [5.41, 5.74) is 9.28. The van der Waals surface area contributed by atoms with Crippen LogP contribution in [0.1, 0.15) is 40.4 Å². The van der Waals surface area contributed by atoms with Crippen LogP contribution in [0.3, 0.4) is 0 Å². The average molecular weight is 281 g/mol. The van der Waals surface area contributed by atoms with Gasteiger partial charge in [0.2, 0.25) is 0 Å². The molecule has 1 atom stereocenters. The van der Waals surface area contributed by atoms with Crippen molar-refractivity contribution in [2.24, 2.45) is 0 Å². The quantitative estimate of drug-likeness (QED) is 0.861. The summed E-state index contributed by atoms with van der Waals surface area (Å²) < 4.78 is 0. The third-order valence-electron chi connectivity index (χ3n) is 4.12. The molecule has 0 radical (unpaired) electrons. The number of carbonyl (C=O) groups excluding carboxylic acids is 1. The second kappa shape index (κ2) is 5.56. The number of nitrogens with zero attached hydrogens (tertiary/aromatic N) is 2. The standard InChI is InChI=1S/C17H19N3O/c1-12-4-2-5-14(18)16(12)17(21)20-11-3-6-15(20)13-7-9-19-10-8-13/h2,4-5,7-10,15H,3,6,11,18H2,1H3. The number of amides is 1. The Hall–Kier alpha value is -2.36. The number of nitrogen functional groups attached to an aromatic ring is 1. The Morgan fingerprint density at radius 2 is 2.05 bits per heavy atom. The summed E-state index contributed by atoms with van der Waals surface area (Å²) in [5.74, 6) is 0.0323. The lowest BCUT2D eigenvalue weighted by molar-refractivity contribution is 0.0736. The first kappa shape index (κ1) is 13.6. The van der Waals surface area contributed by atoms with Crippen molar-refractivity contribution in [1.29, 1.82) is 0 Å². The van der Waals surface area contributed by atoms with Gasteiger partial charge in [-0.1, -0.05) is 12.1 Å². The average Bonchev–Trinajstić information content (AvgIpc) is 2.97. The van der Waals surface area contributed by atoms with E-state index in [1.54, 1.807) is 18.5 Å². The number of anilines is 1. The number of aryl methyl sites for hydroxylation is 1. The van der Waals surface area contributed by atoms with Crippen molar-refractivity contribution in [3.05, 3.63) is 59.4 Å². The van der Waals surface area contributed by atoms with Crippen molar-refractivity contribution < 1.29 is 4.79 Å². The molecular formula is C17H19N3O. The molecule has 1 unspecified atom stereocenters. The van der Waals surface area contributed by atoms with Crippen LogP contribution in [0.5, 0.6) is 0 Å². The van der Waals surface area contributed by atoms with Gasteiger partial charge < -0.3 is 10.6 Å². The van der Waals surface area contributed by atoms with Crippen LogP contribution in [0.15, 0.2) is 42.7 Å². The minimum atomic E-state index is 0.0323. The van der Waals surface area contributed by atoms with Crippen molar-refractivity contribution in [3.8, 4) is 0 Å². The molecule has 108 valence electrons. The van der Waals surface area contributed by atoms with Crippen molar-refractivity contribution in [1.82, 2.24) is 9.88 Å². The third kappa shape index (κ3) is 2.49. The molecule has 2 heterocycles. The molecule has 2 N–H and O–H groups in total. The van der Waals surface area contributed by atoms with E-state index in [1.807, 2.05) is 36.1 Å². The number of nitrogens with two attached hydrogens (primary N) is 1. The maximum atomic E-state index is 12.9. The van der Waals surface area contributed by atoms with E-state index in [0.717, 1.165) is 30.5 Å². The van der Waals surface area contributed by atoms with Crippen LogP contribution >= 0.6 is 0 Å². The summed E-state index contributed by atoms with van der Waals surface area (Å²) in [6.07, 6.45) is 5.56. The monoisotopic (exact) mass is 281 g/mol. The van der Waals surface area contributed by atoms with Crippen LogP contribution in [0.4, 0.5) is 5.69 Å². The van der Waals surface area contributed by atoms with E-state index in [9.17, 15) is 4.79 Å². The summed E-state index contributed by atoms with van der Waals surface area (Å²) in [6.45, 7) is 2.71. The highest BCUT2D eigenvalue weighted by molar-refractivity contribution is 6.00. The largest absolute Gasteiger partial charge is 0.398 e. The highest BCUT2D eigenvalue weighted by Gasteiger charge is 2.31. The Morgan fingerprint density at radius 3 is 2.76 bits per heavy atom. The Kier molecular flexibility index (Phi) is 3.60. The molecule has 1 saturated heterocycles. The summed E-state index contributed by atoms with van der Waals surface area (Å²) in [4.78, 5) is 18.9. The summed E-state index contributed by atoms with van der Waals surface area (Å²) >= 11 is 0. The number of hydrogen-bond donors (Lipinski definition) is 1. The van der Waals surface area contributed by atoms with E-state index in [-0.39, 0.29) is 11.9 Å². The zero-order valence-electron chi connectivity index (χ0n) is 12.1. The van der Waals surface area contributed by atoms with Gasteiger partial charge in [-0.05, 0) is 49.1 Å². The molecule has 0 bridgehead atoms. The second-order valence-electron chi connectivity index (χ2n) is 5.48. The molecule has 0 spiro atoms. The lowest BCUT2D eigenvalue weighted by Gasteiger charge is -2.26. The Morgan fingerprint density at radius 1 is 1.29 bits per heavy atom. The number of rotatable bonds is 2. The van der Waals surface area contributed by atoms with Gasteiger partial charge in [0.1, 0.15) is 0 Å². The summed E-state index contributed by atoms with van der Waals surface area (Å²) in [5, 5.41) is 0. The van der Waals surface area contributed by atoms with Gasteiger partial charge in [-0.2, -0.15) is 0 Å². The van der Waals surface area contributed by atoms with Crippen LogP contribution in [-0.2, 0) is 0 Å². The highest BCUT2D eigenvalue weighted by atomic mass is 16.2. The van der Waals surface area contributed by atoms with E-state index >= 15 is 0 Å². The van der Waals surface area contributed by atoms with Crippen LogP contribution in [0.25, 0.3) is 0 Å². The van der Waals surface area contributed by atoms with Crippen LogP contribution in [0.2, 0.25) is 0 Å². The predicted molar refractivity (Wildman–Crippen MR) is 82.8 cm³/mol. The van der Waals surface area contributed by atoms with Gasteiger partial charge in [-0.3, -0.25) is 9.78 Å². The molecule has 1 aliphatic heterocycles. The molecule has 0 saturated carbocycles. The summed E-state index contributed by atoms with van der Waals surface area (Å²) in [6, 6.07) is 9.69. The summed E-state index contributed by atoms with van der Waals surface area (Å²) in [7, 11) is 0. The molecule has 1 aliphatic rings. The van der Waals surface area contributed by atoms with Crippen LogP contribution in [0, 0.1) is 6.92 Å². The molecule has 1 aromatic carbocycles. The third-order valence-corrected chi connectivity index (χ3v) is 4.12. The number of aromatic nitrogens is 1. The first-order valence-electron chi connectivity index (χ1n) is 7.24. The zero-order valence-corrected chi connectivity index (χ0v) is 12.1. The van der Waals surface area contributed by atoms with E-state index in [4.69, 9.17) is 5.73 Å². The molecule has 2 aromatic rings. The molecule has 4 nitrogen and oxygen atoms in total. The fourth-order valence-electron chi connectivity index (χ4n) is 3.07. The fourth-order valence-corrected chi connectivity index (χ4v) is 3.07. The molecule has 1 fully saturated rings. The number of carbonyl (C=O) groups is 1. The highest BCUT2D eigenvalue weighted by Crippen LogP contribution is 2.34. The van der Waals surface area contributed by atoms with E-state index in [2.05, 4.69) is 4.98 Å². The van der Waals surface area contributed by atoms with Crippen LogP contribution in [-0.4, -0.2) is 22.3 Å². The lowest BCUT2D eigenvalue weighted by Crippen LogP contribution is -2.31. The van der Waals surface area contributed by atoms with Crippen molar-refractivity contribution in [2.75, 3.05) is 12.3 Å². The number of benzene rings is 1. The Labute approximate surface area is 124 Å². The molecule has 1 aromatic heterocycles. The van der Waals surface area contributed by atoms with E-state index < -0.39 is 0 Å². The van der Waals surface area contributed by atoms with Gasteiger partial charge in [0.25, 0.3) is 5.91 Å². The minimum absolute atomic E-state index is 0.0323. The molecule has 1 amide bonds. The van der Waals surface area contributed by atoms with Crippen LogP contribution < -0.4 is 5.73 Å². The molecular weight excluding hydrogens is 262 g/mol.